The molecule has 0 bridgehead atoms. The SMILES string of the molecule is COc1ccc(OCCCN2CCCN(Cc3ccc(F)cc3)CC2)cc1. The molecule has 1 aliphatic rings. The molecule has 0 amide bonds. The van der Waals surface area contributed by atoms with Gasteiger partial charge in [-0.05, 0) is 67.9 Å². The Morgan fingerprint density at radius 3 is 2.26 bits per heavy atom. The molecule has 0 aliphatic carbocycles. The first-order valence-corrected chi connectivity index (χ1v) is 9.69. The van der Waals surface area contributed by atoms with Crippen molar-refractivity contribution >= 4 is 0 Å². The zero-order valence-electron chi connectivity index (χ0n) is 16.1. The maximum atomic E-state index is 13.0. The number of benzene rings is 2. The number of hydrogen-bond acceptors (Lipinski definition) is 4. The number of nitrogens with zero attached hydrogens (tertiary/aromatic N) is 2. The van der Waals surface area contributed by atoms with Crippen molar-refractivity contribution in [1.29, 1.82) is 0 Å². The molecule has 1 aliphatic heterocycles. The topological polar surface area (TPSA) is 24.9 Å². The van der Waals surface area contributed by atoms with Crippen molar-refractivity contribution in [3.05, 3.63) is 59.9 Å². The van der Waals surface area contributed by atoms with Crippen LogP contribution in [-0.2, 0) is 6.54 Å². The average Bonchev–Trinajstić information content (AvgIpc) is 2.93. The third-order valence-corrected chi connectivity index (χ3v) is 4.95. The fourth-order valence-electron chi connectivity index (χ4n) is 3.40. The summed E-state index contributed by atoms with van der Waals surface area (Å²) >= 11 is 0. The van der Waals surface area contributed by atoms with Gasteiger partial charge in [-0.3, -0.25) is 4.90 Å². The van der Waals surface area contributed by atoms with E-state index < -0.39 is 0 Å². The molecule has 4 nitrogen and oxygen atoms in total. The van der Waals surface area contributed by atoms with Crippen molar-refractivity contribution < 1.29 is 13.9 Å². The van der Waals surface area contributed by atoms with Crippen molar-refractivity contribution in [2.75, 3.05) is 46.4 Å². The standard InChI is InChI=1S/C22H29FN2O2/c1-26-21-8-10-22(11-9-21)27-17-3-14-24-12-2-13-25(16-15-24)18-19-4-6-20(23)7-5-19/h4-11H,2-3,12-18H2,1H3. The first-order valence-electron chi connectivity index (χ1n) is 9.69. The van der Waals surface area contributed by atoms with Crippen LogP contribution in [0.4, 0.5) is 4.39 Å². The summed E-state index contributed by atoms with van der Waals surface area (Å²) in [4.78, 5) is 4.98. The summed E-state index contributed by atoms with van der Waals surface area (Å²) in [6.45, 7) is 7.02. The van der Waals surface area contributed by atoms with E-state index in [1.54, 1.807) is 19.2 Å². The van der Waals surface area contributed by atoms with Crippen molar-refractivity contribution in [1.82, 2.24) is 9.80 Å². The lowest BCUT2D eigenvalue weighted by Gasteiger charge is -2.22. The van der Waals surface area contributed by atoms with Gasteiger partial charge in [0.2, 0.25) is 0 Å². The first kappa shape index (κ1) is 19.6. The Balaban J connectivity index is 1.34. The molecule has 0 spiro atoms. The predicted molar refractivity (Wildman–Crippen MR) is 106 cm³/mol. The lowest BCUT2D eigenvalue weighted by molar-refractivity contribution is 0.229. The molecular formula is C22H29FN2O2. The van der Waals surface area contributed by atoms with Gasteiger partial charge in [-0.2, -0.15) is 0 Å². The van der Waals surface area contributed by atoms with E-state index in [1.165, 1.54) is 12.0 Å². The molecule has 1 heterocycles. The van der Waals surface area contributed by atoms with Gasteiger partial charge in [0.15, 0.2) is 0 Å². The molecule has 0 saturated carbocycles. The quantitative estimate of drug-likeness (QED) is 0.658. The lowest BCUT2D eigenvalue weighted by Crippen LogP contribution is -2.31. The first-order chi connectivity index (χ1) is 13.2. The minimum atomic E-state index is -0.169. The van der Waals surface area contributed by atoms with Crippen LogP contribution in [0.5, 0.6) is 11.5 Å². The predicted octanol–water partition coefficient (Wildman–Crippen LogP) is 3.81. The summed E-state index contributed by atoms with van der Waals surface area (Å²) in [5.41, 5.74) is 1.18. The Labute approximate surface area is 161 Å². The van der Waals surface area contributed by atoms with Crippen molar-refractivity contribution in [3.8, 4) is 11.5 Å². The molecule has 0 radical (unpaired) electrons. The second-order valence-electron chi connectivity index (χ2n) is 6.98. The molecule has 2 aromatic carbocycles. The monoisotopic (exact) mass is 372 g/mol. The van der Waals surface area contributed by atoms with Gasteiger partial charge in [0.1, 0.15) is 17.3 Å². The van der Waals surface area contributed by atoms with E-state index in [0.717, 1.165) is 63.8 Å². The zero-order valence-corrected chi connectivity index (χ0v) is 16.1. The molecule has 0 N–H and O–H groups in total. The summed E-state index contributed by atoms with van der Waals surface area (Å²) in [6.07, 6.45) is 2.19. The van der Waals surface area contributed by atoms with E-state index in [9.17, 15) is 4.39 Å². The van der Waals surface area contributed by atoms with Gasteiger partial charge >= 0.3 is 0 Å². The van der Waals surface area contributed by atoms with E-state index in [0.29, 0.717) is 0 Å². The van der Waals surface area contributed by atoms with Crippen LogP contribution >= 0.6 is 0 Å². The Bertz CT molecular complexity index is 676. The molecule has 27 heavy (non-hydrogen) atoms. The van der Waals surface area contributed by atoms with E-state index in [4.69, 9.17) is 9.47 Å². The molecule has 146 valence electrons. The van der Waals surface area contributed by atoms with Gasteiger partial charge in [-0.1, -0.05) is 12.1 Å². The van der Waals surface area contributed by atoms with Gasteiger partial charge in [0.25, 0.3) is 0 Å². The van der Waals surface area contributed by atoms with Crippen LogP contribution in [0, 0.1) is 5.82 Å². The van der Waals surface area contributed by atoms with Gasteiger partial charge in [0.05, 0.1) is 13.7 Å². The highest BCUT2D eigenvalue weighted by Crippen LogP contribution is 2.17. The number of hydrogen-bond donors (Lipinski definition) is 0. The Kier molecular flexibility index (Phi) is 7.48. The highest BCUT2D eigenvalue weighted by molar-refractivity contribution is 5.31. The van der Waals surface area contributed by atoms with Crippen LogP contribution in [0.15, 0.2) is 48.5 Å². The molecular weight excluding hydrogens is 343 g/mol. The fourth-order valence-corrected chi connectivity index (χ4v) is 3.40. The molecule has 2 aromatic rings. The lowest BCUT2D eigenvalue weighted by atomic mass is 10.2. The van der Waals surface area contributed by atoms with E-state index >= 15 is 0 Å². The van der Waals surface area contributed by atoms with Gasteiger partial charge in [0, 0.05) is 26.2 Å². The normalized spacial score (nSPS) is 16.1. The fraction of sp³-hybridized carbons (Fsp3) is 0.455. The van der Waals surface area contributed by atoms with E-state index in [1.807, 2.05) is 36.4 Å². The highest BCUT2D eigenvalue weighted by Gasteiger charge is 2.14. The molecule has 1 fully saturated rings. The van der Waals surface area contributed by atoms with E-state index in [2.05, 4.69) is 9.80 Å². The third-order valence-electron chi connectivity index (χ3n) is 4.95. The molecule has 0 atom stereocenters. The molecule has 3 rings (SSSR count). The summed E-state index contributed by atoms with van der Waals surface area (Å²) in [7, 11) is 1.66. The smallest absolute Gasteiger partial charge is 0.123 e. The minimum absolute atomic E-state index is 0.169. The molecule has 0 unspecified atom stereocenters. The van der Waals surface area contributed by atoms with Crippen LogP contribution in [0.25, 0.3) is 0 Å². The average molecular weight is 372 g/mol. The van der Waals surface area contributed by atoms with Gasteiger partial charge in [-0.15, -0.1) is 0 Å². The van der Waals surface area contributed by atoms with Gasteiger partial charge in [-0.25, -0.2) is 4.39 Å². The Hall–Kier alpha value is -2.11. The van der Waals surface area contributed by atoms with Crippen molar-refractivity contribution in [2.45, 2.75) is 19.4 Å². The number of methoxy groups -OCH3 is 1. The molecule has 5 heteroatoms. The maximum Gasteiger partial charge on any atom is 0.123 e. The highest BCUT2D eigenvalue weighted by atomic mass is 19.1. The van der Waals surface area contributed by atoms with Crippen molar-refractivity contribution in [3.63, 3.8) is 0 Å². The summed E-state index contributed by atoms with van der Waals surface area (Å²) in [5, 5.41) is 0. The number of rotatable bonds is 8. The summed E-state index contributed by atoms with van der Waals surface area (Å²) < 4.78 is 24.0. The van der Waals surface area contributed by atoms with Crippen LogP contribution in [0.3, 0.4) is 0 Å². The molecule has 0 aromatic heterocycles. The Morgan fingerprint density at radius 2 is 1.52 bits per heavy atom. The largest absolute Gasteiger partial charge is 0.497 e. The van der Waals surface area contributed by atoms with Crippen molar-refractivity contribution in [2.24, 2.45) is 0 Å². The third kappa shape index (κ3) is 6.52. The molecule has 1 saturated heterocycles. The van der Waals surface area contributed by atoms with Crippen LogP contribution in [-0.4, -0.2) is 56.2 Å². The second-order valence-corrected chi connectivity index (χ2v) is 6.98. The van der Waals surface area contributed by atoms with Crippen LogP contribution in [0.2, 0.25) is 0 Å². The minimum Gasteiger partial charge on any atom is -0.497 e. The number of ether oxygens (including phenoxy) is 2. The van der Waals surface area contributed by atoms with Crippen LogP contribution < -0.4 is 9.47 Å². The second kappa shape index (κ2) is 10.3. The van der Waals surface area contributed by atoms with Crippen LogP contribution in [0.1, 0.15) is 18.4 Å². The Morgan fingerprint density at radius 1 is 0.852 bits per heavy atom. The number of halogens is 1. The van der Waals surface area contributed by atoms with Gasteiger partial charge < -0.3 is 14.4 Å². The van der Waals surface area contributed by atoms with E-state index in [-0.39, 0.29) is 5.82 Å². The maximum absolute atomic E-state index is 13.0. The summed E-state index contributed by atoms with van der Waals surface area (Å²) in [5.74, 6) is 1.56. The summed E-state index contributed by atoms with van der Waals surface area (Å²) in [6, 6.07) is 14.6. The zero-order chi connectivity index (χ0) is 18.9.